The highest BCUT2D eigenvalue weighted by atomic mass is 79.9. The molecule has 1 fully saturated rings. The summed E-state index contributed by atoms with van der Waals surface area (Å²) in [5.41, 5.74) is 3.65. The quantitative estimate of drug-likeness (QED) is 0.783. The van der Waals surface area contributed by atoms with E-state index in [0.29, 0.717) is 24.7 Å². The number of alkyl halides is 1. The first-order valence-corrected chi connectivity index (χ1v) is 8.83. The molecule has 0 spiro atoms. The zero-order valence-corrected chi connectivity index (χ0v) is 12.3. The Kier molecular flexibility index (Phi) is 3.24. The average molecular weight is 331 g/mol. The summed E-state index contributed by atoms with van der Waals surface area (Å²) >= 11 is 3.67. The van der Waals surface area contributed by atoms with Crippen molar-refractivity contribution in [3.05, 3.63) is 34.9 Å². The molecule has 3 nitrogen and oxygen atoms in total. The lowest BCUT2D eigenvalue weighted by Crippen LogP contribution is -2.10. The molecular formula is C13H15BrO3S. The fourth-order valence-electron chi connectivity index (χ4n) is 2.69. The standard InChI is InChI=1S/C13H15BrO3S/c14-13(11-3-4-18(15,16)8-11)9-1-2-10-6-17-7-12(10)5-9/h1-2,5,11,13H,3-4,6-8H2. The van der Waals surface area contributed by atoms with Crippen molar-refractivity contribution in [2.75, 3.05) is 11.5 Å². The van der Waals surface area contributed by atoms with Crippen LogP contribution in [-0.4, -0.2) is 19.9 Å². The van der Waals surface area contributed by atoms with E-state index >= 15 is 0 Å². The second-order valence-electron chi connectivity index (χ2n) is 5.09. The summed E-state index contributed by atoms with van der Waals surface area (Å²) < 4.78 is 28.4. The van der Waals surface area contributed by atoms with Gasteiger partial charge in [0.05, 0.1) is 24.7 Å². The summed E-state index contributed by atoms with van der Waals surface area (Å²) in [6.07, 6.45) is 0.756. The van der Waals surface area contributed by atoms with Gasteiger partial charge in [0.2, 0.25) is 0 Å². The molecule has 1 aromatic rings. The number of benzene rings is 1. The Morgan fingerprint density at radius 2 is 2.06 bits per heavy atom. The van der Waals surface area contributed by atoms with Crippen LogP contribution in [0, 0.1) is 5.92 Å². The highest BCUT2D eigenvalue weighted by Gasteiger charge is 2.33. The Morgan fingerprint density at radius 1 is 1.28 bits per heavy atom. The molecule has 0 aromatic heterocycles. The molecule has 0 amide bonds. The van der Waals surface area contributed by atoms with Gasteiger partial charge >= 0.3 is 0 Å². The van der Waals surface area contributed by atoms with Crippen molar-refractivity contribution in [2.24, 2.45) is 5.92 Å². The van der Waals surface area contributed by atoms with Crippen molar-refractivity contribution in [1.29, 1.82) is 0 Å². The number of hydrogen-bond donors (Lipinski definition) is 0. The SMILES string of the molecule is O=S1(=O)CCC(C(Br)c2ccc3c(c2)COC3)C1. The van der Waals surface area contributed by atoms with Crippen LogP contribution in [-0.2, 0) is 27.8 Å². The molecule has 2 aliphatic heterocycles. The van der Waals surface area contributed by atoms with Crippen LogP contribution in [0.25, 0.3) is 0 Å². The Hall–Kier alpha value is -0.390. The van der Waals surface area contributed by atoms with Crippen LogP contribution in [0.1, 0.15) is 27.9 Å². The molecule has 0 N–H and O–H groups in total. The van der Waals surface area contributed by atoms with Crippen LogP contribution in [0.5, 0.6) is 0 Å². The fraction of sp³-hybridized carbons (Fsp3) is 0.538. The van der Waals surface area contributed by atoms with E-state index in [1.54, 1.807) is 0 Å². The molecule has 2 aliphatic rings. The van der Waals surface area contributed by atoms with Crippen molar-refractivity contribution < 1.29 is 13.2 Å². The first-order chi connectivity index (χ1) is 8.55. The van der Waals surface area contributed by atoms with E-state index in [2.05, 4.69) is 34.1 Å². The Labute approximate surface area is 116 Å². The first-order valence-electron chi connectivity index (χ1n) is 6.09. The van der Waals surface area contributed by atoms with Crippen LogP contribution in [0.4, 0.5) is 0 Å². The van der Waals surface area contributed by atoms with Gasteiger partial charge in [-0.1, -0.05) is 34.1 Å². The summed E-state index contributed by atoms with van der Waals surface area (Å²) in [6, 6.07) is 6.32. The highest BCUT2D eigenvalue weighted by molar-refractivity contribution is 9.09. The van der Waals surface area contributed by atoms with Gasteiger partial charge in [-0.15, -0.1) is 0 Å². The molecule has 18 heavy (non-hydrogen) atoms. The smallest absolute Gasteiger partial charge is 0.150 e. The third-order valence-electron chi connectivity index (χ3n) is 3.75. The molecule has 2 unspecified atom stereocenters. The molecule has 5 heteroatoms. The fourth-order valence-corrected chi connectivity index (χ4v) is 5.51. The molecule has 3 rings (SSSR count). The van der Waals surface area contributed by atoms with E-state index in [9.17, 15) is 8.42 Å². The maximum atomic E-state index is 11.5. The van der Waals surface area contributed by atoms with Crippen molar-refractivity contribution in [3.63, 3.8) is 0 Å². The third-order valence-corrected chi connectivity index (χ3v) is 6.82. The minimum Gasteiger partial charge on any atom is -0.372 e. The second kappa shape index (κ2) is 4.62. The normalized spacial score (nSPS) is 27.1. The summed E-state index contributed by atoms with van der Waals surface area (Å²) in [5, 5.41) is 0. The summed E-state index contributed by atoms with van der Waals surface area (Å²) in [6.45, 7) is 1.37. The molecule has 0 radical (unpaired) electrons. The van der Waals surface area contributed by atoms with Crippen molar-refractivity contribution in [2.45, 2.75) is 24.5 Å². The first kappa shape index (κ1) is 12.6. The molecule has 0 bridgehead atoms. The van der Waals surface area contributed by atoms with Crippen molar-refractivity contribution in [1.82, 2.24) is 0 Å². The van der Waals surface area contributed by atoms with Crippen LogP contribution in [0.3, 0.4) is 0 Å². The van der Waals surface area contributed by atoms with E-state index in [-0.39, 0.29) is 10.7 Å². The third kappa shape index (κ3) is 2.36. The Morgan fingerprint density at radius 3 is 2.78 bits per heavy atom. The van der Waals surface area contributed by atoms with Gasteiger partial charge in [0.15, 0.2) is 9.84 Å². The van der Waals surface area contributed by atoms with Crippen molar-refractivity contribution >= 4 is 25.8 Å². The lowest BCUT2D eigenvalue weighted by molar-refractivity contribution is 0.134. The predicted octanol–water partition coefficient (Wildman–Crippen LogP) is 2.59. The van der Waals surface area contributed by atoms with Gasteiger partial charge < -0.3 is 4.74 Å². The number of ether oxygens (including phenoxy) is 1. The van der Waals surface area contributed by atoms with Gasteiger partial charge in [0, 0.05) is 4.83 Å². The number of fused-ring (bicyclic) bond motifs is 1. The van der Waals surface area contributed by atoms with Crippen molar-refractivity contribution in [3.8, 4) is 0 Å². The minimum absolute atomic E-state index is 0.126. The summed E-state index contributed by atoms with van der Waals surface area (Å²) in [7, 11) is -2.81. The Bertz CT molecular complexity index is 568. The van der Waals surface area contributed by atoms with E-state index in [1.165, 1.54) is 16.7 Å². The number of sulfone groups is 1. The molecule has 1 saturated heterocycles. The van der Waals surface area contributed by atoms with Crippen LogP contribution in [0.15, 0.2) is 18.2 Å². The van der Waals surface area contributed by atoms with E-state index in [4.69, 9.17) is 4.74 Å². The molecule has 0 aliphatic carbocycles. The van der Waals surface area contributed by atoms with Gasteiger partial charge in [-0.2, -0.15) is 0 Å². The van der Waals surface area contributed by atoms with Crippen LogP contribution in [0.2, 0.25) is 0 Å². The molecule has 0 saturated carbocycles. The maximum absolute atomic E-state index is 11.5. The minimum atomic E-state index is -2.81. The molecule has 2 heterocycles. The number of hydrogen-bond acceptors (Lipinski definition) is 3. The monoisotopic (exact) mass is 330 g/mol. The molecule has 1 aromatic carbocycles. The molecular weight excluding hydrogens is 316 g/mol. The van der Waals surface area contributed by atoms with Gasteiger partial charge in [-0.3, -0.25) is 0 Å². The average Bonchev–Trinajstić information content (AvgIpc) is 2.93. The topological polar surface area (TPSA) is 43.4 Å². The zero-order chi connectivity index (χ0) is 12.8. The van der Waals surface area contributed by atoms with Gasteiger partial charge in [0.1, 0.15) is 0 Å². The van der Waals surface area contributed by atoms with Gasteiger partial charge in [-0.05, 0) is 29.0 Å². The lowest BCUT2D eigenvalue weighted by atomic mass is 9.96. The van der Waals surface area contributed by atoms with Gasteiger partial charge in [0.25, 0.3) is 0 Å². The van der Waals surface area contributed by atoms with Crippen LogP contribution < -0.4 is 0 Å². The molecule has 98 valence electrons. The van der Waals surface area contributed by atoms with E-state index in [0.717, 1.165) is 6.42 Å². The number of halogens is 1. The van der Waals surface area contributed by atoms with E-state index < -0.39 is 9.84 Å². The second-order valence-corrected chi connectivity index (χ2v) is 8.30. The maximum Gasteiger partial charge on any atom is 0.150 e. The largest absolute Gasteiger partial charge is 0.372 e. The highest BCUT2D eigenvalue weighted by Crippen LogP contribution is 2.38. The lowest BCUT2D eigenvalue weighted by Gasteiger charge is -2.17. The van der Waals surface area contributed by atoms with Crippen LogP contribution >= 0.6 is 15.9 Å². The summed E-state index contributed by atoms with van der Waals surface area (Å²) in [5.74, 6) is 0.819. The Balaban J connectivity index is 1.83. The van der Waals surface area contributed by atoms with E-state index in [1.807, 2.05) is 0 Å². The summed E-state index contributed by atoms with van der Waals surface area (Å²) in [4.78, 5) is 0.126. The number of rotatable bonds is 2. The van der Waals surface area contributed by atoms with Gasteiger partial charge in [-0.25, -0.2) is 8.42 Å². The predicted molar refractivity (Wildman–Crippen MR) is 73.4 cm³/mol. The zero-order valence-electron chi connectivity index (χ0n) is 9.93. The molecule has 2 atom stereocenters.